The molecule has 0 saturated heterocycles. The number of carbonyl (C=O) groups is 1. The molecule has 0 amide bonds. The molecule has 0 spiro atoms. The van der Waals surface area contributed by atoms with Crippen molar-refractivity contribution in [1.82, 2.24) is 9.55 Å². The number of unbranched alkanes of at least 4 members (excludes halogenated alkanes) is 1. The third-order valence-electron chi connectivity index (χ3n) is 4.14. The normalized spacial score (nSPS) is 10.9. The zero-order valence-corrected chi connectivity index (χ0v) is 13.7. The number of Topliss-reactive ketones (excluding diaryl/α,β-unsaturated/α-hetero) is 1. The number of nitrogens with zero attached hydrogens (tertiary/aromatic N) is 2. The van der Waals surface area contributed by atoms with Crippen molar-refractivity contribution >= 4 is 16.7 Å². The van der Waals surface area contributed by atoms with Gasteiger partial charge in [0.25, 0.3) is 5.56 Å². The molecule has 24 heavy (non-hydrogen) atoms. The first-order valence-electron chi connectivity index (χ1n) is 8.25. The van der Waals surface area contributed by atoms with Crippen LogP contribution in [-0.4, -0.2) is 15.3 Å². The average Bonchev–Trinajstić information content (AvgIpc) is 2.63. The molecule has 3 aromatic rings. The van der Waals surface area contributed by atoms with Gasteiger partial charge >= 0.3 is 0 Å². The summed E-state index contributed by atoms with van der Waals surface area (Å²) in [6, 6.07) is 14.8. The van der Waals surface area contributed by atoms with Crippen molar-refractivity contribution in [1.29, 1.82) is 0 Å². The van der Waals surface area contributed by atoms with Crippen molar-refractivity contribution in [2.75, 3.05) is 0 Å². The summed E-state index contributed by atoms with van der Waals surface area (Å²) in [6.07, 6.45) is 4.77. The van der Waals surface area contributed by atoms with E-state index >= 15 is 0 Å². The summed E-state index contributed by atoms with van der Waals surface area (Å²) < 4.78 is 1.37. The SMILES string of the molecule is CCCCc1ccc(C(=O)Cn2cnc3ccccc3c2=O)cc1. The quantitative estimate of drug-likeness (QED) is 0.652. The van der Waals surface area contributed by atoms with Gasteiger partial charge < -0.3 is 0 Å². The second-order valence-corrected chi connectivity index (χ2v) is 5.92. The van der Waals surface area contributed by atoms with E-state index in [1.165, 1.54) is 16.5 Å². The van der Waals surface area contributed by atoms with E-state index in [1.54, 1.807) is 18.2 Å². The van der Waals surface area contributed by atoms with Gasteiger partial charge in [-0.2, -0.15) is 0 Å². The third-order valence-corrected chi connectivity index (χ3v) is 4.14. The van der Waals surface area contributed by atoms with E-state index in [-0.39, 0.29) is 17.9 Å². The summed E-state index contributed by atoms with van der Waals surface area (Å²) in [7, 11) is 0. The minimum atomic E-state index is -0.187. The maximum atomic E-state index is 12.4. The van der Waals surface area contributed by atoms with Crippen LogP contribution in [0.4, 0.5) is 0 Å². The second kappa shape index (κ2) is 7.21. The van der Waals surface area contributed by atoms with Gasteiger partial charge in [0.2, 0.25) is 0 Å². The van der Waals surface area contributed by atoms with Gasteiger partial charge in [-0.3, -0.25) is 14.2 Å². The summed E-state index contributed by atoms with van der Waals surface area (Å²) in [6.45, 7) is 2.16. The van der Waals surface area contributed by atoms with Crippen molar-refractivity contribution in [3.8, 4) is 0 Å². The molecule has 0 bridgehead atoms. The lowest BCUT2D eigenvalue weighted by Crippen LogP contribution is -2.24. The molecule has 0 saturated carbocycles. The van der Waals surface area contributed by atoms with Gasteiger partial charge in [0.1, 0.15) is 0 Å². The highest BCUT2D eigenvalue weighted by atomic mass is 16.1. The number of carbonyl (C=O) groups excluding carboxylic acids is 1. The zero-order chi connectivity index (χ0) is 16.9. The van der Waals surface area contributed by atoms with E-state index < -0.39 is 0 Å². The van der Waals surface area contributed by atoms with Crippen LogP contribution >= 0.6 is 0 Å². The summed E-state index contributed by atoms with van der Waals surface area (Å²) in [5.41, 5.74) is 2.31. The maximum Gasteiger partial charge on any atom is 0.261 e. The fourth-order valence-electron chi connectivity index (χ4n) is 2.70. The highest BCUT2D eigenvalue weighted by Crippen LogP contribution is 2.10. The molecule has 0 unspecified atom stereocenters. The van der Waals surface area contributed by atoms with E-state index in [9.17, 15) is 9.59 Å². The highest BCUT2D eigenvalue weighted by Gasteiger charge is 2.10. The minimum absolute atomic E-state index is 0.00493. The fourth-order valence-corrected chi connectivity index (χ4v) is 2.70. The number of para-hydroxylation sites is 1. The van der Waals surface area contributed by atoms with Crippen LogP contribution in [0.15, 0.2) is 59.7 Å². The van der Waals surface area contributed by atoms with Gasteiger partial charge in [0, 0.05) is 5.56 Å². The Labute approximate surface area is 140 Å². The summed E-state index contributed by atoms with van der Waals surface area (Å²) in [5, 5.41) is 0.530. The molecule has 0 N–H and O–H groups in total. The topological polar surface area (TPSA) is 52.0 Å². The first-order chi connectivity index (χ1) is 11.7. The van der Waals surface area contributed by atoms with E-state index in [0.717, 1.165) is 19.3 Å². The van der Waals surface area contributed by atoms with E-state index in [4.69, 9.17) is 0 Å². The van der Waals surface area contributed by atoms with Crippen molar-refractivity contribution in [2.45, 2.75) is 32.7 Å². The Morgan fingerprint density at radius 1 is 1.08 bits per heavy atom. The maximum absolute atomic E-state index is 12.4. The average molecular weight is 320 g/mol. The highest BCUT2D eigenvalue weighted by molar-refractivity contribution is 5.96. The number of aromatic nitrogens is 2. The standard InChI is InChI=1S/C20H20N2O2/c1-2-3-6-15-9-11-16(12-10-15)19(23)13-22-14-21-18-8-5-4-7-17(18)20(22)24/h4-5,7-12,14H,2-3,6,13H2,1H3. The lowest BCUT2D eigenvalue weighted by Gasteiger charge is -2.07. The van der Waals surface area contributed by atoms with Crippen LogP contribution in [0.3, 0.4) is 0 Å². The molecule has 0 radical (unpaired) electrons. The van der Waals surface area contributed by atoms with Crippen molar-refractivity contribution in [3.63, 3.8) is 0 Å². The molecule has 0 aliphatic carbocycles. The molecule has 4 heteroatoms. The number of aryl methyl sites for hydroxylation is 1. The zero-order valence-electron chi connectivity index (χ0n) is 13.7. The van der Waals surface area contributed by atoms with Crippen LogP contribution in [0, 0.1) is 0 Å². The minimum Gasteiger partial charge on any atom is -0.292 e. The molecular formula is C20H20N2O2. The van der Waals surface area contributed by atoms with Crippen LogP contribution in [0.5, 0.6) is 0 Å². The van der Waals surface area contributed by atoms with Crippen LogP contribution in [0.2, 0.25) is 0 Å². The van der Waals surface area contributed by atoms with Gasteiger partial charge in [-0.1, -0.05) is 49.7 Å². The number of ketones is 1. The molecule has 2 aromatic carbocycles. The van der Waals surface area contributed by atoms with Gasteiger partial charge in [0.05, 0.1) is 23.8 Å². The lowest BCUT2D eigenvalue weighted by atomic mass is 10.0. The molecule has 4 nitrogen and oxygen atoms in total. The molecule has 1 heterocycles. The summed E-state index contributed by atoms with van der Waals surface area (Å²) in [4.78, 5) is 29.1. The Morgan fingerprint density at radius 3 is 2.58 bits per heavy atom. The van der Waals surface area contributed by atoms with Gasteiger partial charge in [0.15, 0.2) is 5.78 Å². The van der Waals surface area contributed by atoms with Crippen LogP contribution < -0.4 is 5.56 Å². The van der Waals surface area contributed by atoms with Gasteiger partial charge in [-0.15, -0.1) is 0 Å². The predicted molar refractivity (Wildman–Crippen MR) is 95.4 cm³/mol. The lowest BCUT2D eigenvalue weighted by molar-refractivity contribution is 0.0970. The number of hydrogen-bond acceptors (Lipinski definition) is 3. The van der Waals surface area contributed by atoms with Crippen molar-refractivity contribution in [2.24, 2.45) is 0 Å². The monoisotopic (exact) mass is 320 g/mol. The van der Waals surface area contributed by atoms with Gasteiger partial charge in [-0.05, 0) is 30.5 Å². The van der Waals surface area contributed by atoms with Gasteiger partial charge in [-0.25, -0.2) is 4.98 Å². The molecule has 3 rings (SSSR count). The van der Waals surface area contributed by atoms with Crippen molar-refractivity contribution < 1.29 is 4.79 Å². The molecular weight excluding hydrogens is 300 g/mol. The molecule has 0 atom stereocenters. The van der Waals surface area contributed by atoms with E-state index in [1.807, 2.05) is 30.3 Å². The number of rotatable bonds is 6. The van der Waals surface area contributed by atoms with Crippen LogP contribution in [0.25, 0.3) is 10.9 Å². The smallest absolute Gasteiger partial charge is 0.261 e. The first-order valence-corrected chi connectivity index (χ1v) is 8.25. The number of hydrogen-bond donors (Lipinski definition) is 0. The molecule has 1 aromatic heterocycles. The summed E-state index contributed by atoms with van der Waals surface area (Å²) >= 11 is 0. The molecule has 122 valence electrons. The predicted octanol–water partition coefficient (Wildman–Crippen LogP) is 3.62. The molecule has 0 aliphatic heterocycles. The largest absolute Gasteiger partial charge is 0.292 e. The summed E-state index contributed by atoms with van der Waals surface area (Å²) in [5.74, 6) is -0.0868. The number of fused-ring (bicyclic) bond motifs is 1. The Morgan fingerprint density at radius 2 is 1.83 bits per heavy atom. The Kier molecular flexibility index (Phi) is 4.85. The molecule has 0 fully saturated rings. The Balaban J connectivity index is 1.79. The van der Waals surface area contributed by atoms with Crippen LogP contribution in [-0.2, 0) is 13.0 Å². The third kappa shape index (κ3) is 3.43. The van der Waals surface area contributed by atoms with E-state index in [0.29, 0.717) is 16.5 Å². The fraction of sp³-hybridized carbons (Fsp3) is 0.250. The second-order valence-electron chi connectivity index (χ2n) is 5.92. The Hall–Kier alpha value is -2.75. The Bertz CT molecular complexity index is 911. The van der Waals surface area contributed by atoms with Crippen molar-refractivity contribution in [3.05, 3.63) is 76.3 Å². The first kappa shape index (κ1) is 16.1. The molecule has 0 aliphatic rings. The van der Waals surface area contributed by atoms with E-state index in [2.05, 4.69) is 11.9 Å². The van der Waals surface area contributed by atoms with Crippen LogP contribution in [0.1, 0.15) is 35.7 Å². The number of benzene rings is 2.